The number of fused-ring (bicyclic) bond motifs is 1. The smallest absolute Gasteiger partial charge is 0.229 e. The fourth-order valence-corrected chi connectivity index (χ4v) is 4.03. The van der Waals surface area contributed by atoms with Crippen LogP contribution in [0.3, 0.4) is 0 Å². The summed E-state index contributed by atoms with van der Waals surface area (Å²) in [5.41, 5.74) is 2.61. The van der Waals surface area contributed by atoms with Crippen molar-refractivity contribution >= 4 is 5.91 Å². The first kappa shape index (κ1) is 19.2. The van der Waals surface area contributed by atoms with Gasteiger partial charge in [-0.25, -0.2) is 9.97 Å². The van der Waals surface area contributed by atoms with Gasteiger partial charge in [0.15, 0.2) is 0 Å². The van der Waals surface area contributed by atoms with Crippen molar-refractivity contribution in [2.45, 2.75) is 39.3 Å². The average Bonchev–Trinajstić information content (AvgIpc) is 3.41. The van der Waals surface area contributed by atoms with E-state index in [1.807, 2.05) is 29.2 Å². The topological polar surface area (TPSA) is 76.0 Å². The van der Waals surface area contributed by atoms with Crippen LogP contribution in [0.15, 0.2) is 43.0 Å². The van der Waals surface area contributed by atoms with Gasteiger partial charge in [-0.3, -0.25) is 4.79 Å². The van der Waals surface area contributed by atoms with E-state index in [4.69, 9.17) is 9.72 Å². The summed E-state index contributed by atoms with van der Waals surface area (Å²) in [7, 11) is 1.67. The van der Waals surface area contributed by atoms with Crippen molar-refractivity contribution in [3.05, 3.63) is 54.5 Å². The predicted octanol–water partition coefficient (Wildman–Crippen LogP) is 3.45. The van der Waals surface area contributed by atoms with Crippen LogP contribution in [0.25, 0.3) is 11.3 Å². The minimum Gasteiger partial charge on any atom is -0.496 e. The number of imidazole rings is 2. The fraction of sp³-hybridized carbons (Fsp3) is 0.409. The molecule has 1 aliphatic rings. The number of nitrogens with one attached hydrogen (secondary N) is 1. The van der Waals surface area contributed by atoms with Gasteiger partial charge >= 0.3 is 0 Å². The zero-order valence-corrected chi connectivity index (χ0v) is 17.1. The molecular weight excluding hydrogens is 366 g/mol. The van der Waals surface area contributed by atoms with Crippen LogP contribution in [0.5, 0.6) is 5.75 Å². The van der Waals surface area contributed by atoms with Crippen LogP contribution in [0.1, 0.15) is 37.8 Å². The lowest BCUT2D eigenvalue weighted by Crippen LogP contribution is -2.45. The number of ether oxygens (including phenoxy) is 1. The van der Waals surface area contributed by atoms with E-state index in [0.29, 0.717) is 18.9 Å². The van der Waals surface area contributed by atoms with Crippen LogP contribution in [0.2, 0.25) is 0 Å². The molecule has 1 amide bonds. The molecule has 7 heteroatoms. The van der Waals surface area contributed by atoms with E-state index in [-0.39, 0.29) is 11.9 Å². The lowest BCUT2D eigenvalue weighted by Gasteiger charge is -2.39. The van der Waals surface area contributed by atoms with Gasteiger partial charge in [0.2, 0.25) is 5.91 Å². The Kier molecular flexibility index (Phi) is 5.38. The van der Waals surface area contributed by atoms with Gasteiger partial charge in [-0.15, -0.1) is 0 Å². The standard InChI is InChI=1S/C22H27N5O2/c1-4-15(2)21-22-25-18(17-7-5-6-8-19(17)29-3)13-26(22)9-10-27(21)20(28)11-16-12-23-14-24-16/h5-8,12-15,21H,4,9-11H2,1-3H3,(H,23,24). The highest BCUT2D eigenvalue weighted by molar-refractivity contribution is 5.79. The number of carbonyl (C=O) groups excluding carboxylic acids is 1. The van der Waals surface area contributed by atoms with E-state index in [9.17, 15) is 4.79 Å². The number of hydrogen-bond donors (Lipinski definition) is 1. The van der Waals surface area contributed by atoms with E-state index in [1.165, 1.54) is 0 Å². The van der Waals surface area contributed by atoms with E-state index in [2.05, 4.69) is 34.6 Å². The van der Waals surface area contributed by atoms with E-state index in [0.717, 1.165) is 41.5 Å². The molecule has 0 bridgehead atoms. The average molecular weight is 393 g/mol. The summed E-state index contributed by atoms with van der Waals surface area (Å²) >= 11 is 0. The number of aromatic nitrogens is 4. The molecule has 2 aromatic heterocycles. The molecule has 0 aliphatic carbocycles. The molecule has 1 N–H and O–H groups in total. The number of benzene rings is 1. The molecule has 0 radical (unpaired) electrons. The highest BCUT2D eigenvalue weighted by atomic mass is 16.5. The molecule has 3 aromatic rings. The molecule has 0 saturated carbocycles. The van der Waals surface area contributed by atoms with Crippen LogP contribution in [0.4, 0.5) is 0 Å². The molecule has 0 spiro atoms. The van der Waals surface area contributed by atoms with Crippen molar-refractivity contribution in [2.24, 2.45) is 5.92 Å². The van der Waals surface area contributed by atoms with Crippen molar-refractivity contribution in [1.82, 2.24) is 24.4 Å². The lowest BCUT2D eigenvalue weighted by atomic mass is 9.95. The fourth-order valence-electron chi connectivity index (χ4n) is 4.03. The van der Waals surface area contributed by atoms with Crippen LogP contribution in [-0.4, -0.2) is 44.0 Å². The molecule has 4 rings (SSSR count). The normalized spacial score (nSPS) is 17.1. The molecular formula is C22H27N5O2. The molecule has 0 saturated heterocycles. The second-order valence-electron chi connectivity index (χ2n) is 7.53. The molecule has 2 atom stereocenters. The Morgan fingerprint density at radius 3 is 2.90 bits per heavy atom. The van der Waals surface area contributed by atoms with Crippen LogP contribution in [-0.2, 0) is 17.8 Å². The first-order valence-corrected chi connectivity index (χ1v) is 10.1. The molecule has 0 fully saturated rings. The van der Waals surface area contributed by atoms with Gasteiger partial charge in [0, 0.05) is 31.0 Å². The first-order valence-electron chi connectivity index (χ1n) is 10.1. The Labute approximate surface area is 170 Å². The van der Waals surface area contributed by atoms with Gasteiger partial charge in [-0.1, -0.05) is 32.4 Å². The van der Waals surface area contributed by atoms with Crippen molar-refractivity contribution in [2.75, 3.05) is 13.7 Å². The van der Waals surface area contributed by atoms with Gasteiger partial charge < -0.3 is 19.2 Å². The summed E-state index contributed by atoms with van der Waals surface area (Å²) in [6.07, 6.45) is 6.74. The van der Waals surface area contributed by atoms with E-state index >= 15 is 0 Å². The number of aromatic amines is 1. The third-order valence-corrected chi connectivity index (χ3v) is 5.76. The second-order valence-corrected chi connectivity index (χ2v) is 7.53. The summed E-state index contributed by atoms with van der Waals surface area (Å²) in [6.45, 7) is 5.75. The number of carbonyl (C=O) groups is 1. The van der Waals surface area contributed by atoms with Crippen molar-refractivity contribution in [3.8, 4) is 17.0 Å². The second kappa shape index (κ2) is 8.11. The highest BCUT2D eigenvalue weighted by Crippen LogP contribution is 2.37. The van der Waals surface area contributed by atoms with Gasteiger partial charge in [0.25, 0.3) is 0 Å². The minimum atomic E-state index is -0.0522. The highest BCUT2D eigenvalue weighted by Gasteiger charge is 2.36. The zero-order chi connectivity index (χ0) is 20.4. The number of para-hydroxylation sites is 1. The van der Waals surface area contributed by atoms with Crippen LogP contribution >= 0.6 is 0 Å². The molecule has 2 unspecified atom stereocenters. The largest absolute Gasteiger partial charge is 0.496 e. The maximum absolute atomic E-state index is 13.1. The number of hydrogen-bond acceptors (Lipinski definition) is 4. The van der Waals surface area contributed by atoms with E-state index < -0.39 is 0 Å². The maximum Gasteiger partial charge on any atom is 0.229 e. The SMILES string of the molecule is CCC(C)C1c2nc(-c3ccccc3OC)cn2CCN1C(=O)Cc1c[nH]cn1. The first-order chi connectivity index (χ1) is 14.1. The lowest BCUT2D eigenvalue weighted by molar-refractivity contribution is -0.135. The molecule has 1 aromatic carbocycles. The number of rotatable bonds is 6. The van der Waals surface area contributed by atoms with Crippen molar-refractivity contribution in [3.63, 3.8) is 0 Å². The Bertz CT molecular complexity index is 979. The molecule has 7 nitrogen and oxygen atoms in total. The van der Waals surface area contributed by atoms with Gasteiger partial charge in [0.1, 0.15) is 11.6 Å². The summed E-state index contributed by atoms with van der Waals surface area (Å²) < 4.78 is 7.71. The third kappa shape index (κ3) is 3.64. The van der Waals surface area contributed by atoms with Gasteiger partial charge in [-0.2, -0.15) is 0 Å². The van der Waals surface area contributed by atoms with Crippen LogP contribution in [0, 0.1) is 5.92 Å². The summed E-state index contributed by atoms with van der Waals surface area (Å²) in [5, 5.41) is 0. The van der Waals surface area contributed by atoms with Crippen LogP contribution < -0.4 is 4.74 Å². The Morgan fingerprint density at radius 2 is 2.17 bits per heavy atom. The summed E-state index contributed by atoms with van der Waals surface area (Å²) in [6, 6.07) is 7.85. The number of methoxy groups -OCH3 is 1. The molecule has 29 heavy (non-hydrogen) atoms. The number of nitrogens with zero attached hydrogens (tertiary/aromatic N) is 4. The Balaban J connectivity index is 1.69. The quantitative estimate of drug-likeness (QED) is 0.696. The molecule has 152 valence electrons. The van der Waals surface area contributed by atoms with Crippen molar-refractivity contribution in [1.29, 1.82) is 0 Å². The summed E-state index contributed by atoms with van der Waals surface area (Å²) in [4.78, 5) is 27.2. The minimum absolute atomic E-state index is 0.0522. The van der Waals surface area contributed by atoms with Gasteiger partial charge in [-0.05, 0) is 18.1 Å². The van der Waals surface area contributed by atoms with Crippen molar-refractivity contribution < 1.29 is 9.53 Å². The van der Waals surface area contributed by atoms with E-state index in [1.54, 1.807) is 19.6 Å². The predicted molar refractivity (Wildman–Crippen MR) is 110 cm³/mol. The van der Waals surface area contributed by atoms with Gasteiger partial charge in [0.05, 0.1) is 37.3 Å². The molecule has 1 aliphatic heterocycles. The monoisotopic (exact) mass is 393 g/mol. The molecule has 3 heterocycles. The summed E-state index contributed by atoms with van der Waals surface area (Å²) in [5.74, 6) is 2.14. The Morgan fingerprint density at radius 1 is 1.34 bits per heavy atom. The number of amides is 1. The number of H-pyrrole nitrogens is 1. The Hall–Kier alpha value is -3.09. The third-order valence-electron chi connectivity index (χ3n) is 5.76. The maximum atomic E-state index is 13.1. The zero-order valence-electron chi connectivity index (χ0n) is 17.1.